The number of nitrogen functional groups attached to an aromatic ring is 1. The average molecular weight is 350 g/mol. The minimum atomic E-state index is -0.441. The van der Waals surface area contributed by atoms with Crippen LogP contribution >= 0.6 is 0 Å². The third-order valence-electron chi connectivity index (χ3n) is 3.41. The summed E-state index contributed by atoms with van der Waals surface area (Å²) in [5.41, 5.74) is 9.43. The van der Waals surface area contributed by atoms with Crippen LogP contribution in [0.5, 0.6) is 0 Å². The van der Waals surface area contributed by atoms with Gasteiger partial charge >= 0.3 is 0 Å². The highest BCUT2D eigenvalue weighted by Crippen LogP contribution is 2.22. The van der Waals surface area contributed by atoms with E-state index >= 15 is 0 Å². The van der Waals surface area contributed by atoms with E-state index in [9.17, 15) is 10.1 Å². The van der Waals surface area contributed by atoms with Crippen LogP contribution in [0.4, 0.5) is 11.4 Å². The lowest BCUT2D eigenvalue weighted by molar-refractivity contribution is -0.384. The normalized spacial score (nSPS) is 10.0. The van der Waals surface area contributed by atoms with E-state index in [2.05, 4.69) is 14.8 Å². The second kappa shape index (κ2) is 7.75. The first-order chi connectivity index (χ1) is 12.6. The van der Waals surface area contributed by atoms with Crippen molar-refractivity contribution in [2.24, 2.45) is 0 Å². The lowest BCUT2D eigenvalue weighted by atomic mass is 10.1. The Kier molecular flexibility index (Phi) is 5.04. The smallest absolute Gasteiger partial charge is 0.270 e. The van der Waals surface area contributed by atoms with Gasteiger partial charge in [0.05, 0.1) is 4.92 Å². The summed E-state index contributed by atoms with van der Waals surface area (Å²) in [7, 11) is 0. The molecule has 2 heterocycles. The molecule has 0 spiro atoms. The molecular weight excluding hydrogens is 336 g/mol. The summed E-state index contributed by atoms with van der Waals surface area (Å²) in [6, 6.07) is 17.2. The molecule has 0 fully saturated rings. The SMILES string of the molecule is Nc1cccc(-c2ccon2)c1.O=[N+]([O-])c1cccc(-c2ccon2)c1. The minimum Gasteiger partial charge on any atom is -0.399 e. The molecule has 2 N–H and O–H groups in total. The molecule has 0 radical (unpaired) electrons. The molecule has 0 aliphatic carbocycles. The van der Waals surface area contributed by atoms with Gasteiger partial charge in [0, 0.05) is 41.1 Å². The Balaban J connectivity index is 0.000000152. The number of non-ortho nitro benzene ring substituents is 1. The lowest BCUT2D eigenvalue weighted by Gasteiger charge is -1.95. The summed E-state index contributed by atoms with van der Waals surface area (Å²) in [6.07, 6.45) is 2.96. The number of rotatable bonds is 3. The highest BCUT2D eigenvalue weighted by Gasteiger charge is 2.08. The van der Waals surface area contributed by atoms with Gasteiger partial charge < -0.3 is 14.8 Å². The maximum atomic E-state index is 10.5. The fourth-order valence-corrected chi connectivity index (χ4v) is 2.20. The van der Waals surface area contributed by atoms with Gasteiger partial charge in [-0.2, -0.15) is 0 Å². The van der Waals surface area contributed by atoms with Gasteiger partial charge in [0.25, 0.3) is 5.69 Å². The molecule has 26 heavy (non-hydrogen) atoms. The average Bonchev–Trinajstić information content (AvgIpc) is 3.36. The number of benzene rings is 2. The van der Waals surface area contributed by atoms with Crippen LogP contribution in [0.25, 0.3) is 22.5 Å². The molecule has 0 saturated carbocycles. The molecule has 0 saturated heterocycles. The Morgan fingerprint density at radius 1 is 0.846 bits per heavy atom. The van der Waals surface area contributed by atoms with Crippen LogP contribution in [-0.2, 0) is 0 Å². The van der Waals surface area contributed by atoms with Gasteiger partial charge in [-0.1, -0.05) is 34.6 Å². The highest BCUT2D eigenvalue weighted by atomic mass is 16.6. The predicted octanol–water partition coefficient (Wildman–Crippen LogP) is 4.17. The fraction of sp³-hybridized carbons (Fsp3) is 0. The van der Waals surface area contributed by atoms with Crippen molar-refractivity contribution in [2.75, 3.05) is 5.73 Å². The maximum Gasteiger partial charge on any atom is 0.270 e. The van der Waals surface area contributed by atoms with Crippen LogP contribution in [0.2, 0.25) is 0 Å². The van der Waals surface area contributed by atoms with Gasteiger partial charge in [-0.3, -0.25) is 10.1 Å². The third-order valence-corrected chi connectivity index (χ3v) is 3.41. The molecule has 0 amide bonds. The lowest BCUT2D eigenvalue weighted by Crippen LogP contribution is -1.87. The Bertz CT molecular complexity index is 982. The molecule has 4 rings (SSSR count). The van der Waals surface area contributed by atoms with Gasteiger partial charge in [0.2, 0.25) is 0 Å². The first-order valence-corrected chi connectivity index (χ1v) is 7.55. The number of hydrogen-bond acceptors (Lipinski definition) is 7. The molecule has 8 nitrogen and oxygen atoms in total. The summed E-state index contributed by atoms with van der Waals surface area (Å²) < 4.78 is 9.37. The van der Waals surface area contributed by atoms with Gasteiger partial charge in [0.1, 0.15) is 23.9 Å². The summed E-state index contributed by atoms with van der Waals surface area (Å²) in [6.45, 7) is 0. The Labute approximate surface area is 148 Å². The van der Waals surface area contributed by atoms with Gasteiger partial charge in [-0.05, 0) is 12.1 Å². The van der Waals surface area contributed by atoms with Crippen LogP contribution in [0.15, 0.2) is 82.2 Å². The van der Waals surface area contributed by atoms with Crippen LogP contribution in [-0.4, -0.2) is 15.2 Å². The Morgan fingerprint density at radius 3 is 1.92 bits per heavy atom. The molecule has 2 aromatic carbocycles. The molecule has 0 bridgehead atoms. The van der Waals surface area contributed by atoms with Crippen molar-refractivity contribution < 1.29 is 14.0 Å². The summed E-state index contributed by atoms with van der Waals surface area (Å²) in [5, 5.41) is 18.0. The third kappa shape index (κ3) is 4.12. The van der Waals surface area contributed by atoms with E-state index in [0.717, 1.165) is 16.9 Å². The Morgan fingerprint density at radius 2 is 1.42 bits per heavy atom. The summed E-state index contributed by atoms with van der Waals surface area (Å²) in [4.78, 5) is 10.0. The monoisotopic (exact) mass is 350 g/mol. The number of nitrogens with two attached hydrogens (primary N) is 1. The zero-order valence-electron chi connectivity index (χ0n) is 13.5. The molecule has 0 atom stereocenters. The van der Waals surface area contributed by atoms with Gasteiger partial charge in [0.15, 0.2) is 0 Å². The molecule has 8 heteroatoms. The van der Waals surface area contributed by atoms with E-state index < -0.39 is 4.92 Å². The van der Waals surface area contributed by atoms with Crippen molar-refractivity contribution in [1.29, 1.82) is 0 Å². The molecule has 0 aliphatic heterocycles. The van der Waals surface area contributed by atoms with Crippen LogP contribution in [0, 0.1) is 10.1 Å². The first kappa shape index (κ1) is 16.9. The fourth-order valence-electron chi connectivity index (χ4n) is 2.20. The zero-order valence-corrected chi connectivity index (χ0v) is 13.5. The van der Waals surface area contributed by atoms with Gasteiger partial charge in [-0.25, -0.2) is 0 Å². The molecular formula is C18H14N4O4. The second-order valence-corrected chi connectivity index (χ2v) is 5.20. The van der Waals surface area contributed by atoms with E-state index in [0.29, 0.717) is 11.3 Å². The topological polar surface area (TPSA) is 121 Å². The number of aromatic nitrogens is 2. The van der Waals surface area contributed by atoms with E-state index in [1.807, 2.05) is 24.3 Å². The molecule has 4 aromatic rings. The molecule has 130 valence electrons. The number of nitrogens with zero attached hydrogens (tertiary/aromatic N) is 3. The van der Waals surface area contributed by atoms with Crippen molar-refractivity contribution in [3.05, 3.63) is 83.3 Å². The second-order valence-electron chi connectivity index (χ2n) is 5.20. The van der Waals surface area contributed by atoms with Gasteiger partial charge in [-0.15, -0.1) is 0 Å². The van der Waals surface area contributed by atoms with Crippen LogP contribution in [0.1, 0.15) is 0 Å². The van der Waals surface area contributed by atoms with Crippen molar-refractivity contribution in [3.8, 4) is 22.5 Å². The number of nitro groups is 1. The first-order valence-electron chi connectivity index (χ1n) is 7.55. The minimum absolute atomic E-state index is 0.0468. The highest BCUT2D eigenvalue weighted by molar-refractivity contribution is 5.63. The quantitative estimate of drug-likeness (QED) is 0.334. The standard InChI is InChI=1S/C9H6N2O3.C9H8N2O/c12-11(13)8-3-1-2-7(6-8)9-4-5-14-10-9;10-8-3-1-2-7(6-8)9-4-5-12-11-9/h1-6H;1-6H,10H2. The van der Waals surface area contributed by atoms with E-state index in [-0.39, 0.29) is 5.69 Å². The number of anilines is 1. The summed E-state index contributed by atoms with van der Waals surface area (Å²) in [5.74, 6) is 0. The van der Waals surface area contributed by atoms with Crippen molar-refractivity contribution in [1.82, 2.24) is 10.3 Å². The molecule has 0 aliphatic rings. The van der Waals surface area contributed by atoms with E-state index in [1.165, 1.54) is 18.4 Å². The van der Waals surface area contributed by atoms with E-state index in [1.54, 1.807) is 30.5 Å². The zero-order chi connectivity index (χ0) is 18.4. The van der Waals surface area contributed by atoms with Crippen LogP contribution < -0.4 is 5.73 Å². The largest absolute Gasteiger partial charge is 0.399 e. The van der Waals surface area contributed by atoms with Crippen molar-refractivity contribution in [3.63, 3.8) is 0 Å². The molecule has 0 unspecified atom stereocenters. The predicted molar refractivity (Wildman–Crippen MR) is 94.9 cm³/mol. The van der Waals surface area contributed by atoms with Crippen molar-refractivity contribution >= 4 is 11.4 Å². The number of hydrogen-bond donors (Lipinski definition) is 1. The van der Waals surface area contributed by atoms with Crippen molar-refractivity contribution in [2.45, 2.75) is 0 Å². The molecule has 2 aromatic heterocycles. The van der Waals surface area contributed by atoms with Crippen LogP contribution in [0.3, 0.4) is 0 Å². The van der Waals surface area contributed by atoms with E-state index in [4.69, 9.17) is 10.3 Å². The maximum absolute atomic E-state index is 10.5. The summed E-state index contributed by atoms with van der Waals surface area (Å²) >= 11 is 0. The Hall–Kier alpha value is -3.94. The number of nitro benzene ring substituents is 1.